The van der Waals surface area contributed by atoms with Gasteiger partial charge in [0.05, 0.1) is 5.69 Å². The minimum atomic E-state index is 0.880. The molecule has 2 aromatic heterocycles. The lowest BCUT2D eigenvalue weighted by Crippen LogP contribution is -2.32. The number of piperidine rings is 1. The zero-order valence-electron chi connectivity index (χ0n) is 14.5. The molecule has 1 saturated heterocycles. The van der Waals surface area contributed by atoms with Gasteiger partial charge in [-0.1, -0.05) is 6.92 Å². The maximum absolute atomic E-state index is 4.88. The molecule has 1 fully saturated rings. The van der Waals surface area contributed by atoms with E-state index in [1.165, 1.54) is 48.1 Å². The summed E-state index contributed by atoms with van der Waals surface area (Å²) in [5.74, 6) is 0.880. The van der Waals surface area contributed by atoms with Gasteiger partial charge in [0.25, 0.3) is 0 Å². The van der Waals surface area contributed by atoms with Crippen LogP contribution in [0, 0.1) is 12.0 Å². The van der Waals surface area contributed by atoms with Gasteiger partial charge in [-0.05, 0) is 57.0 Å². The zero-order valence-corrected chi connectivity index (χ0v) is 15.3. The van der Waals surface area contributed by atoms with Crippen LogP contribution in [0.5, 0.6) is 0 Å². The van der Waals surface area contributed by atoms with E-state index in [1.807, 2.05) is 6.20 Å². The van der Waals surface area contributed by atoms with Crippen molar-refractivity contribution in [3.63, 3.8) is 0 Å². The Hall–Kier alpha value is -1.65. The predicted octanol–water partition coefficient (Wildman–Crippen LogP) is 4.82. The van der Waals surface area contributed by atoms with Gasteiger partial charge in [-0.3, -0.25) is 4.90 Å². The molecule has 0 unspecified atom stereocenters. The monoisotopic (exact) mass is 338 g/mol. The van der Waals surface area contributed by atoms with Crippen molar-refractivity contribution in [1.29, 1.82) is 0 Å². The molecule has 0 saturated carbocycles. The van der Waals surface area contributed by atoms with E-state index in [-0.39, 0.29) is 0 Å². The molecule has 0 atom stereocenters. The van der Waals surface area contributed by atoms with Crippen molar-refractivity contribution in [1.82, 2.24) is 14.5 Å². The Bertz CT molecular complexity index is 824. The lowest BCUT2D eigenvalue weighted by molar-refractivity contribution is 0.184. The molecule has 1 radical (unpaired) electrons. The normalized spacial score (nSPS) is 16.9. The lowest BCUT2D eigenvalue weighted by atomic mass is 9.99. The molecule has 4 heteroatoms. The SMILES string of the molecule is CCn1c[c]c2cc(-c3nc(CN4CCC(C)CC4)cs3)ccc21. The summed E-state index contributed by atoms with van der Waals surface area (Å²) in [5.41, 5.74) is 3.66. The minimum Gasteiger partial charge on any atom is -0.347 e. The fourth-order valence-corrected chi connectivity index (χ4v) is 4.28. The van der Waals surface area contributed by atoms with E-state index in [0.717, 1.165) is 24.0 Å². The molecular formula is C20H24N3S. The van der Waals surface area contributed by atoms with Gasteiger partial charge in [-0.15, -0.1) is 11.3 Å². The summed E-state index contributed by atoms with van der Waals surface area (Å²) in [6, 6.07) is 9.95. The fourth-order valence-electron chi connectivity index (χ4n) is 3.48. The van der Waals surface area contributed by atoms with Crippen LogP contribution in [-0.4, -0.2) is 27.5 Å². The standard InChI is InChI=1S/C20H24N3S/c1-3-23-11-8-16-12-17(4-5-19(16)23)20-21-18(14-24-20)13-22-9-6-15(2)7-10-22/h4-5,11-12,14-15H,3,6-7,9-10,13H2,1-2H3. The van der Waals surface area contributed by atoms with Crippen LogP contribution in [0.4, 0.5) is 0 Å². The third-order valence-electron chi connectivity index (χ3n) is 5.08. The summed E-state index contributed by atoms with van der Waals surface area (Å²) in [6.45, 7) is 8.91. The third kappa shape index (κ3) is 3.13. The number of thiazole rings is 1. The molecule has 3 nitrogen and oxygen atoms in total. The van der Waals surface area contributed by atoms with Crippen LogP contribution in [0.25, 0.3) is 21.5 Å². The minimum absolute atomic E-state index is 0.880. The van der Waals surface area contributed by atoms with Crippen LogP contribution in [0.2, 0.25) is 0 Å². The molecule has 1 aliphatic heterocycles. The first-order valence-corrected chi connectivity index (χ1v) is 9.78. The van der Waals surface area contributed by atoms with Gasteiger partial charge in [0, 0.05) is 47.2 Å². The average molecular weight is 338 g/mol. The van der Waals surface area contributed by atoms with Gasteiger partial charge in [0.15, 0.2) is 0 Å². The molecule has 4 rings (SSSR count). The Morgan fingerprint density at radius 1 is 1.29 bits per heavy atom. The van der Waals surface area contributed by atoms with E-state index in [4.69, 9.17) is 4.98 Å². The highest BCUT2D eigenvalue weighted by atomic mass is 32.1. The van der Waals surface area contributed by atoms with Crippen molar-refractivity contribution >= 4 is 22.2 Å². The van der Waals surface area contributed by atoms with Gasteiger partial charge < -0.3 is 4.57 Å². The number of rotatable bonds is 4. The summed E-state index contributed by atoms with van der Waals surface area (Å²) in [5, 5.41) is 4.52. The molecule has 1 aromatic carbocycles. The third-order valence-corrected chi connectivity index (χ3v) is 6.02. The Morgan fingerprint density at radius 3 is 2.92 bits per heavy atom. The molecule has 0 aliphatic carbocycles. The first kappa shape index (κ1) is 15.9. The lowest BCUT2D eigenvalue weighted by Gasteiger charge is -2.29. The highest BCUT2D eigenvalue weighted by Gasteiger charge is 2.17. The summed E-state index contributed by atoms with van der Waals surface area (Å²) in [6.07, 6.45) is 4.68. The zero-order chi connectivity index (χ0) is 16.5. The second-order valence-corrected chi connectivity index (χ2v) is 7.75. The van der Waals surface area contributed by atoms with Crippen LogP contribution in [0.15, 0.2) is 29.8 Å². The second kappa shape index (κ2) is 6.69. The van der Waals surface area contributed by atoms with Gasteiger partial charge in [-0.2, -0.15) is 0 Å². The number of likely N-dealkylation sites (tertiary alicyclic amines) is 1. The van der Waals surface area contributed by atoms with Crippen molar-refractivity contribution < 1.29 is 0 Å². The molecule has 0 amide bonds. The largest absolute Gasteiger partial charge is 0.347 e. The van der Waals surface area contributed by atoms with E-state index >= 15 is 0 Å². The Balaban J connectivity index is 1.52. The molecule has 1 aliphatic rings. The van der Waals surface area contributed by atoms with E-state index < -0.39 is 0 Å². The van der Waals surface area contributed by atoms with E-state index in [1.54, 1.807) is 11.3 Å². The van der Waals surface area contributed by atoms with Crippen LogP contribution >= 0.6 is 11.3 Å². The summed E-state index contributed by atoms with van der Waals surface area (Å²) in [4.78, 5) is 7.42. The molecule has 0 spiro atoms. The van der Waals surface area contributed by atoms with Crippen LogP contribution in [-0.2, 0) is 13.1 Å². The molecule has 3 heterocycles. The maximum atomic E-state index is 4.88. The number of aryl methyl sites for hydroxylation is 1. The predicted molar refractivity (Wildman–Crippen MR) is 101 cm³/mol. The highest BCUT2D eigenvalue weighted by Crippen LogP contribution is 2.28. The number of benzene rings is 1. The van der Waals surface area contributed by atoms with E-state index in [0.29, 0.717) is 0 Å². The number of hydrogen-bond donors (Lipinski definition) is 0. The molecule has 3 aromatic rings. The number of aromatic nitrogens is 2. The smallest absolute Gasteiger partial charge is 0.123 e. The van der Waals surface area contributed by atoms with Gasteiger partial charge >= 0.3 is 0 Å². The van der Waals surface area contributed by atoms with Crippen LogP contribution < -0.4 is 0 Å². The van der Waals surface area contributed by atoms with Crippen molar-refractivity contribution in [2.45, 2.75) is 39.8 Å². The Morgan fingerprint density at radius 2 is 2.12 bits per heavy atom. The van der Waals surface area contributed by atoms with Crippen molar-refractivity contribution in [2.75, 3.05) is 13.1 Å². The molecule has 0 bridgehead atoms. The first-order chi connectivity index (χ1) is 11.7. The topological polar surface area (TPSA) is 21.1 Å². The molecular weight excluding hydrogens is 314 g/mol. The number of fused-ring (bicyclic) bond motifs is 1. The van der Waals surface area contributed by atoms with E-state index in [9.17, 15) is 0 Å². The van der Waals surface area contributed by atoms with Crippen molar-refractivity contribution in [2.24, 2.45) is 5.92 Å². The molecule has 125 valence electrons. The maximum Gasteiger partial charge on any atom is 0.123 e. The van der Waals surface area contributed by atoms with Crippen molar-refractivity contribution in [3.05, 3.63) is 41.5 Å². The Labute approximate surface area is 147 Å². The number of nitrogens with zero attached hydrogens (tertiary/aromatic N) is 3. The fraction of sp³-hybridized carbons (Fsp3) is 0.450. The number of hydrogen-bond acceptors (Lipinski definition) is 3. The second-order valence-electron chi connectivity index (χ2n) is 6.89. The highest BCUT2D eigenvalue weighted by molar-refractivity contribution is 7.13. The molecule has 24 heavy (non-hydrogen) atoms. The molecule has 0 N–H and O–H groups in total. The van der Waals surface area contributed by atoms with Gasteiger partial charge in [-0.25, -0.2) is 4.98 Å². The quantitative estimate of drug-likeness (QED) is 0.680. The van der Waals surface area contributed by atoms with Crippen LogP contribution in [0.1, 0.15) is 32.4 Å². The summed E-state index contributed by atoms with van der Waals surface area (Å²) >= 11 is 1.75. The average Bonchev–Trinajstić information content (AvgIpc) is 3.23. The Kier molecular flexibility index (Phi) is 4.42. The van der Waals surface area contributed by atoms with Gasteiger partial charge in [0.1, 0.15) is 5.01 Å². The summed E-state index contributed by atoms with van der Waals surface area (Å²) < 4.78 is 2.23. The van der Waals surface area contributed by atoms with Crippen LogP contribution in [0.3, 0.4) is 0 Å². The summed E-state index contributed by atoms with van der Waals surface area (Å²) in [7, 11) is 0. The van der Waals surface area contributed by atoms with Crippen molar-refractivity contribution in [3.8, 4) is 10.6 Å². The van der Waals surface area contributed by atoms with Gasteiger partial charge in [0.2, 0.25) is 0 Å². The van der Waals surface area contributed by atoms with E-state index in [2.05, 4.69) is 53.0 Å². The first-order valence-electron chi connectivity index (χ1n) is 8.90.